The van der Waals surface area contributed by atoms with Gasteiger partial charge in [0, 0.05) is 0 Å². The SMILES string of the molecule is CCCCC(CC)CN(CC(CC)CCCC)C(=O)[CH](CCC(CC)c1ccccc1)[Co][CH2]C(C)C(=O)Nc1cccc(NC(=O)c2ccc(NN=C(C(=O)OCC)C(=O)OCC)cc2)c1. The van der Waals surface area contributed by atoms with Crippen molar-refractivity contribution < 1.29 is 48.1 Å². The molecule has 0 saturated carbocycles. The Labute approximate surface area is 401 Å². The fourth-order valence-corrected chi connectivity index (χ4v) is 9.25. The molecule has 0 spiro atoms. The second-order valence-electron chi connectivity index (χ2n) is 16.9. The minimum atomic E-state index is -0.916. The Morgan fingerprint density at radius 2 is 1.23 bits per heavy atom. The predicted molar refractivity (Wildman–Crippen MR) is 263 cm³/mol. The number of unbranched alkanes of at least 4 members (excludes halogenated alkanes) is 2. The van der Waals surface area contributed by atoms with Crippen molar-refractivity contribution in [2.45, 2.75) is 142 Å². The Bertz CT molecular complexity index is 1920. The van der Waals surface area contributed by atoms with E-state index >= 15 is 0 Å². The molecule has 0 aliphatic heterocycles. The van der Waals surface area contributed by atoms with Crippen molar-refractivity contribution in [3.63, 3.8) is 0 Å². The average Bonchev–Trinajstić information content (AvgIpc) is 3.32. The molecule has 0 saturated heterocycles. The van der Waals surface area contributed by atoms with Gasteiger partial charge in [-0.25, -0.2) is 9.59 Å². The summed E-state index contributed by atoms with van der Waals surface area (Å²) < 4.78 is 9.83. The van der Waals surface area contributed by atoms with Crippen molar-refractivity contribution in [2.75, 3.05) is 42.4 Å². The molecule has 3 aromatic carbocycles. The van der Waals surface area contributed by atoms with Gasteiger partial charge in [-0.3, -0.25) is 5.43 Å². The van der Waals surface area contributed by atoms with Crippen LogP contribution in [0.5, 0.6) is 0 Å². The van der Waals surface area contributed by atoms with E-state index in [1.54, 1.807) is 62.4 Å². The third-order valence-electron chi connectivity index (χ3n) is 11.8. The molecule has 5 unspecified atom stereocenters. The number of ether oxygens (including phenoxy) is 2. The van der Waals surface area contributed by atoms with Crippen molar-refractivity contribution in [3.05, 3.63) is 90.0 Å². The van der Waals surface area contributed by atoms with Gasteiger partial charge in [0.25, 0.3) is 5.71 Å². The van der Waals surface area contributed by atoms with E-state index in [2.05, 4.69) is 84.9 Å². The average molecular weight is 955 g/mol. The molecule has 3 N–H and O–H groups in total. The summed E-state index contributed by atoms with van der Waals surface area (Å²) in [7, 11) is 0. The van der Waals surface area contributed by atoms with Crippen LogP contribution in [0.1, 0.15) is 148 Å². The first-order chi connectivity index (χ1) is 31.9. The third kappa shape index (κ3) is 19.1. The van der Waals surface area contributed by atoms with Crippen LogP contribution < -0.4 is 16.1 Å². The molecule has 0 radical (unpaired) electrons. The van der Waals surface area contributed by atoms with Gasteiger partial charge in [0.2, 0.25) is 0 Å². The number of anilines is 3. The summed E-state index contributed by atoms with van der Waals surface area (Å²) in [5, 5.41) is 10.4. The van der Waals surface area contributed by atoms with E-state index in [1.165, 1.54) is 18.4 Å². The Kier molecular flexibility index (Phi) is 26.0. The van der Waals surface area contributed by atoms with E-state index < -0.39 is 17.7 Å². The molecule has 0 heterocycles. The number of rotatable bonds is 31. The summed E-state index contributed by atoms with van der Waals surface area (Å²) in [5.74, 6) is -1.22. The molecular weight excluding hydrogens is 878 g/mol. The van der Waals surface area contributed by atoms with Gasteiger partial charge in [-0.2, -0.15) is 5.10 Å². The number of benzene rings is 3. The van der Waals surface area contributed by atoms with Gasteiger partial charge in [-0.05, 0) is 13.8 Å². The topological polar surface area (TPSA) is 155 Å². The van der Waals surface area contributed by atoms with Gasteiger partial charge in [-0.15, -0.1) is 0 Å². The van der Waals surface area contributed by atoms with Crippen LogP contribution >= 0.6 is 0 Å². The van der Waals surface area contributed by atoms with Crippen molar-refractivity contribution in [3.8, 4) is 0 Å². The molecule has 13 heteroatoms. The Hall–Kier alpha value is -5.01. The van der Waals surface area contributed by atoms with Crippen molar-refractivity contribution >= 4 is 52.4 Å². The molecule has 3 aromatic rings. The number of amides is 3. The second-order valence-corrected chi connectivity index (χ2v) is 18.5. The maximum absolute atomic E-state index is 14.9. The first-order valence-corrected chi connectivity index (χ1v) is 25.6. The molecule has 0 aliphatic rings. The summed E-state index contributed by atoms with van der Waals surface area (Å²) >= 11 is 0.998. The van der Waals surface area contributed by atoms with Gasteiger partial charge < -0.3 is 9.47 Å². The van der Waals surface area contributed by atoms with Gasteiger partial charge in [0.15, 0.2) is 0 Å². The second kappa shape index (κ2) is 31.1. The van der Waals surface area contributed by atoms with E-state index in [0.717, 1.165) is 85.6 Å². The number of esters is 2. The molecule has 5 atom stereocenters. The predicted octanol–water partition coefficient (Wildman–Crippen LogP) is 11.9. The fraction of sp³-hybridized carbons (Fsp3) is 0.547. The molecule has 0 bridgehead atoms. The van der Waals surface area contributed by atoms with E-state index in [9.17, 15) is 24.0 Å². The maximum atomic E-state index is 14.9. The van der Waals surface area contributed by atoms with E-state index in [-0.39, 0.29) is 41.7 Å². The Morgan fingerprint density at radius 1 is 0.652 bits per heavy atom. The number of hydrogen-bond donors (Lipinski definition) is 3. The van der Waals surface area contributed by atoms with Crippen LogP contribution in [0, 0.1) is 17.8 Å². The van der Waals surface area contributed by atoms with Crippen molar-refractivity contribution in [1.82, 2.24) is 4.90 Å². The summed E-state index contributed by atoms with van der Waals surface area (Å²) in [4.78, 5) is 68.4. The Balaban J connectivity index is 1.74. The van der Waals surface area contributed by atoms with Gasteiger partial charge >= 0.3 is 335 Å². The van der Waals surface area contributed by atoms with Crippen molar-refractivity contribution in [1.29, 1.82) is 0 Å². The molecule has 0 aliphatic carbocycles. The number of nitrogens with one attached hydrogen (secondary N) is 3. The zero-order chi connectivity index (χ0) is 48.3. The molecule has 365 valence electrons. The van der Waals surface area contributed by atoms with Gasteiger partial charge in [0.05, 0.1) is 18.9 Å². The summed E-state index contributed by atoms with van der Waals surface area (Å²) in [6, 6.07) is 23.9. The van der Waals surface area contributed by atoms with Gasteiger partial charge in [0.1, 0.15) is 0 Å². The first-order valence-electron chi connectivity index (χ1n) is 24.3. The summed E-state index contributed by atoms with van der Waals surface area (Å²) in [6.45, 7) is 18.0. The van der Waals surface area contributed by atoms with Crippen molar-refractivity contribution in [2.24, 2.45) is 22.9 Å². The molecule has 3 amide bonds. The number of carbonyl (C=O) groups is 5. The van der Waals surface area contributed by atoms with E-state index in [1.807, 2.05) is 13.0 Å². The van der Waals surface area contributed by atoms with Gasteiger partial charge in [-0.1, -0.05) is 0 Å². The van der Waals surface area contributed by atoms with Crippen LogP contribution in [0.2, 0.25) is 10.2 Å². The zero-order valence-electron chi connectivity index (χ0n) is 40.8. The summed E-state index contributed by atoms with van der Waals surface area (Å²) in [5.41, 5.74) is 5.21. The first kappa shape index (κ1) is 55.3. The third-order valence-corrected chi connectivity index (χ3v) is 13.7. The molecule has 0 aromatic heterocycles. The standard InChI is InChI=1S/C29H50NO.C24H27N4O6.Co/c1-6-11-17-25(8-3)23-30(24-26(9-4)18-12-7-2)29(31)22-16-21-27(10-5)28-19-14-13-15-20-28;1-5-33-23(31)20(24(32)34-6-2)28-27-17-12-10-16(11-13-17)22(30)26-19-9-7-8-18(14-19)25-21(29)15(3)4;/h13-15,19-20,22,25-27H,6-12,16-18,21,23-24H2,1-5H3;7-15,27H,3,5-6H2,1-2,4H3,(H,25,29)(H,26,30);. The Morgan fingerprint density at radius 3 is 1.76 bits per heavy atom. The number of carbonyl (C=O) groups excluding carboxylic acids is 5. The minimum absolute atomic E-state index is 0.0610. The summed E-state index contributed by atoms with van der Waals surface area (Å²) in [6.07, 6.45) is 11.6. The fourth-order valence-electron chi connectivity index (χ4n) is 7.63. The van der Waals surface area contributed by atoms with Crippen LogP contribution in [-0.2, 0) is 43.3 Å². The molecule has 3 rings (SSSR count). The monoisotopic (exact) mass is 955 g/mol. The molecule has 12 nitrogen and oxygen atoms in total. The van der Waals surface area contributed by atoms with E-state index in [0.29, 0.717) is 45.7 Å². The van der Waals surface area contributed by atoms with E-state index in [4.69, 9.17) is 9.47 Å². The van der Waals surface area contributed by atoms with Crippen LogP contribution in [-0.4, -0.2) is 66.6 Å². The molecule has 0 fully saturated rings. The van der Waals surface area contributed by atoms with Crippen LogP contribution in [0.25, 0.3) is 0 Å². The number of hydrazone groups is 1. The molecule has 66 heavy (non-hydrogen) atoms. The normalized spacial score (nSPS) is 13.3. The van der Waals surface area contributed by atoms with Crippen LogP contribution in [0.15, 0.2) is 84.0 Å². The number of hydrogen-bond acceptors (Lipinski definition) is 9. The quantitative estimate of drug-likeness (QED) is 0.0249. The van der Waals surface area contributed by atoms with Crippen LogP contribution in [0.4, 0.5) is 17.1 Å². The zero-order valence-corrected chi connectivity index (χ0v) is 41.8. The van der Waals surface area contributed by atoms with Crippen LogP contribution in [0.3, 0.4) is 0 Å². The number of nitrogens with zero attached hydrogens (tertiary/aromatic N) is 2. The molecular formula is C53H77CoN5O7.